The minimum atomic E-state index is -4.92. The van der Waals surface area contributed by atoms with Gasteiger partial charge in [0.15, 0.2) is 5.82 Å². The van der Waals surface area contributed by atoms with E-state index in [0.717, 1.165) is 0 Å². The predicted octanol–water partition coefficient (Wildman–Crippen LogP) is 4.90. The summed E-state index contributed by atoms with van der Waals surface area (Å²) in [5, 5.41) is 3.53. The summed E-state index contributed by atoms with van der Waals surface area (Å²) in [4.78, 5) is 3.81. The molecule has 2 aromatic rings. The molecule has 3 nitrogen and oxygen atoms in total. The second kappa shape index (κ2) is 5.29. The normalized spacial score (nSPS) is 13.0. The van der Waals surface area contributed by atoms with Gasteiger partial charge < -0.3 is 4.52 Å². The number of hydrogen-bond donors (Lipinski definition) is 0. The fourth-order valence-corrected chi connectivity index (χ4v) is 1.67. The summed E-state index contributed by atoms with van der Waals surface area (Å²) in [6.45, 7) is 3.42. The lowest BCUT2D eigenvalue weighted by molar-refractivity contribution is -0.143. The van der Waals surface area contributed by atoms with Gasteiger partial charge in [-0.1, -0.05) is 19.0 Å². The molecule has 0 aliphatic carbocycles. The van der Waals surface area contributed by atoms with E-state index in [1.165, 1.54) is 0 Å². The average molecular weight is 324 g/mol. The van der Waals surface area contributed by atoms with E-state index in [2.05, 4.69) is 10.1 Å². The first-order valence-corrected chi connectivity index (χ1v) is 6.12. The van der Waals surface area contributed by atoms with Crippen molar-refractivity contribution in [1.82, 2.24) is 10.1 Å². The maximum atomic E-state index is 12.8. The zero-order valence-corrected chi connectivity index (χ0v) is 11.4. The molecule has 22 heavy (non-hydrogen) atoms. The molecule has 120 valence electrons. The first-order chi connectivity index (χ1) is 9.98. The van der Waals surface area contributed by atoms with Crippen molar-refractivity contribution in [2.45, 2.75) is 32.1 Å². The van der Waals surface area contributed by atoms with E-state index in [0.29, 0.717) is 12.1 Å². The number of hydrogen-bond acceptors (Lipinski definition) is 3. The third kappa shape index (κ3) is 3.40. The molecule has 0 N–H and O–H groups in total. The summed E-state index contributed by atoms with van der Waals surface area (Å²) in [6, 6.07) is 1.14. The summed E-state index contributed by atoms with van der Waals surface area (Å²) in [6.07, 6.45) is -9.84. The van der Waals surface area contributed by atoms with Gasteiger partial charge in [0.05, 0.1) is 11.1 Å². The number of halogens is 6. The van der Waals surface area contributed by atoms with E-state index in [4.69, 9.17) is 4.52 Å². The van der Waals surface area contributed by atoms with Crippen molar-refractivity contribution in [3.63, 3.8) is 0 Å². The Hall–Kier alpha value is -2.06. The fraction of sp³-hybridized carbons (Fsp3) is 0.385. The van der Waals surface area contributed by atoms with E-state index < -0.39 is 29.0 Å². The van der Waals surface area contributed by atoms with Gasteiger partial charge in [-0.25, -0.2) is 0 Å². The SMILES string of the molecule is CC(C)c1noc(-c2cc(C(F)(F)F)cc(C(F)(F)F)c2)n1. The molecule has 0 spiro atoms. The van der Waals surface area contributed by atoms with Crippen LogP contribution < -0.4 is 0 Å². The summed E-state index contributed by atoms with van der Waals surface area (Å²) in [5.41, 5.74) is -3.29. The molecule has 0 atom stereocenters. The molecule has 1 aromatic heterocycles. The van der Waals surface area contributed by atoms with E-state index >= 15 is 0 Å². The predicted molar refractivity (Wildman–Crippen MR) is 63.8 cm³/mol. The third-order valence-corrected chi connectivity index (χ3v) is 2.79. The van der Waals surface area contributed by atoms with E-state index in [9.17, 15) is 26.3 Å². The van der Waals surface area contributed by atoms with Gasteiger partial charge in [-0.2, -0.15) is 31.3 Å². The lowest BCUT2D eigenvalue weighted by Gasteiger charge is -2.12. The van der Waals surface area contributed by atoms with Crippen LogP contribution in [0.3, 0.4) is 0 Å². The topological polar surface area (TPSA) is 38.9 Å². The van der Waals surface area contributed by atoms with Crippen molar-refractivity contribution >= 4 is 0 Å². The smallest absolute Gasteiger partial charge is 0.334 e. The molecular weight excluding hydrogens is 314 g/mol. The molecule has 0 unspecified atom stereocenters. The van der Waals surface area contributed by atoms with Gasteiger partial charge in [0.25, 0.3) is 5.89 Å². The minimum absolute atomic E-state index is 0.0449. The molecule has 0 radical (unpaired) electrons. The Morgan fingerprint density at radius 2 is 1.41 bits per heavy atom. The molecule has 1 aromatic carbocycles. The van der Waals surface area contributed by atoms with Crippen LogP contribution in [0.5, 0.6) is 0 Å². The Kier molecular flexibility index (Phi) is 3.92. The Labute approximate surface area is 120 Å². The van der Waals surface area contributed by atoms with Crippen LogP contribution in [0.2, 0.25) is 0 Å². The Morgan fingerprint density at radius 3 is 1.77 bits per heavy atom. The quantitative estimate of drug-likeness (QED) is 0.738. The summed E-state index contributed by atoms with van der Waals surface area (Å²) in [5.74, 6) is -0.369. The molecule has 0 saturated carbocycles. The first-order valence-electron chi connectivity index (χ1n) is 6.12. The lowest BCUT2D eigenvalue weighted by atomic mass is 10.0. The first kappa shape index (κ1) is 16.3. The largest absolute Gasteiger partial charge is 0.416 e. The van der Waals surface area contributed by atoms with Crippen LogP contribution in [0.4, 0.5) is 26.3 Å². The van der Waals surface area contributed by atoms with Crippen LogP contribution in [-0.4, -0.2) is 10.1 Å². The Balaban J connectivity index is 2.59. The Bertz CT molecular complexity index is 640. The third-order valence-electron chi connectivity index (χ3n) is 2.79. The molecule has 0 amide bonds. The number of benzene rings is 1. The summed E-state index contributed by atoms with van der Waals surface area (Å²) in [7, 11) is 0. The van der Waals surface area contributed by atoms with Crippen molar-refractivity contribution in [1.29, 1.82) is 0 Å². The number of nitrogens with zero attached hydrogens (tertiary/aromatic N) is 2. The zero-order valence-electron chi connectivity index (χ0n) is 11.4. The molecule has 0 aliphatic rings. The maximum Gasteiger partial charge on any atom is 0.416 e. The molecule has 1 heterocycles. The van der Waals surface area contributed by atoms with Crippen LogP contribution in [-0.2, 0) is 12.4 Å². The highest BCUT2D eigenvalue weighted by molar-refractivity contribution is 5.57. The molecule has 0 aliphatic heterocycles. The van der Waals surface area contributed by atoms with Gasteiger partial charge in [0, 0.05) is 11.5 Å². The number of alkyl halides is 6. The lowest BCUT2D eigenvalue weighted by Crippen LogP contribution is -2.11. The van der Waals surface area contributed by atoms with E-state index in [1.807, 2.05) is 0 Å². The molecule has 9 heteroatoms. The van der Waals surface area contributed by atoms with Crippen molar-refractivity contribution < 1.29 is 30.9 Å². The van der Waals surface area contributed by atoms with Crippen LogP contribution in [0, 0.1) is 0 Å². The van der Waals surface area contributed by atoms with Crippen molar-refractivity contribution in [3.8, 4) is 11.5 Å². The second-order valence-electron chi connectivity index (χ2n) is 4.91. The Morgan fingerprint density at radius 1 is 0.909 bits per heavy atom. The van der Waals surface area contributed by atoms with Gasteiger partial charge in [-0.3, -0.25) is 0 Å². The molecule has 2 rings (SSSR count). The van der Waals surface area contributed by atoms with Gasteiger partial charge >= 0.3 is 12.4 Å². The minimum Gasteiger partial charge on any atom is -0.334 e. The number of aromatic nitrogens is 2. The highest BCUT2D eigenvalue weighted by Gasteiger charge is 2.37. The van der Waals surface area contributed by atoms with Crippen molar-refractivity contribution in [3.05, 3.63) is 35.2 Å². The summed E-state index contributed by atoms with van der Waals surface area (Å²) >= 11 is 0. The van der Waals surface area contributed by atoms with Gasteiger partial charge in [-0.15, -0.1) is 0 Å². The van der Waals surface area contributed by atoms with Gasteiger partial charge in [0.1, 0.15) is 0 Å². The van der Waals surface area contributed by atoms with Crippen molar-refractivity contribution in [2.75, 3.05) is 0 Å². The van der Waals surface area contributed by atoms with Crippen LogP contribution in [0.25, 0.3) is 11.5 Å². The van der Waals surface area contributed by atoms with Gasteiger partial charge in [-0.05, 0) is 18.2 Å². The monoisotopic (exact) mass is 324 g/mol. The average Bonchev–Trinajstić information content (AvgIpc) is 2.85. The maximum absolute atomic E-state index is 12.8. The molecule has 0 bridgehead atoms. The summed E-state index contributed by atoms with van der Waals surface area (Å²) < 4.78 is 81.3. The highest BCUT2D eigenvalue weighted by atomic mass is 19.4. The standard InChI is InChI=1S/C13H10F6N2O/c1-6(2)10-20-11(22-21-10)7-3-8(12(14,15)16)5-9(4-7)13(17,18)19/h3-6H,1-2H3. The van der Waals surface area contributed by atoms with Crippen LogP contribution in [0.1, 0.15) is 36.7 Å². The highest BCUT2D eigenvalue weighted by Crippen LogP contribution is 2.38. The molecular formula is C13H10F6N2O. The van der Waals surface area contributed by atoms with Crippen molar-refractivity contribution in [2.24, 2.45) is 0 Å². The second-order valence-corrected chi connectivity index (χ2v) is 4.91. The zero-order chi connectivity index (χ0) is 16.7. The van der Waals surface area contributed by atoms with Crippen LogP contribution in [0.15, 0.2) is 22.7 Å². The number of rotatable bonds is 2. The van der Waals surface area contributed by atoms with E-state index in [-0.39, 0.29) is 23.7 Å². The fourth-order valence-electron chi connectivity index (χ4n) is 1.67. The molecule has 0 fully saturated rings. The van der Waals surface area contributed by atoms with E-state index in [1.54, 1.807) is 13.8 Å². The van der Waals surface area contributed by atoms with Crippen LogP contribution >= 0.6 is 0 Å². The van der Waals surface area contributed by atoms with Gasteiger partial charge in [0.2, 0.25) is 0 Å². The molecule has 0 saturated heterocycles.